The summed E-state index contributed by atoms with van der Waals surface area (Å²) >= 11 is 0. The Balaban J connectivity index is 2.22. The second-order valence-electron chi connectivity index (χ2n) is 7.31. The zero-order valence-electron chi connectivity index (χ0n) is 13.0. The van der Waals surface area contributed by atoms with Crippen LogP contribution >= 0.6 is 0 Å². The number of hydrogen-bond donors (Lipinski definition) is 2. The van der Waals surface area contributed by atoms with E-state index < -0.39 is 6.09 Å². The monoisotopic (exact) mass is 291 g/mol. The summed E-state index contributed by atoms with van der Waals surface area (Å²) in [6.45, 7) is 7.17. The van der Waals surface area contributed by atoms with E-state index in [1.807, 2.05) is 51.1 Å². The van der Waals surface area contributed by atoms with Gasteiger partial charge in [0.25, 0.3) is 0 Å². The highest BCUT2D eigenvalue weighted by Gasteiger charge is 2.56. The van der Waals surface area contributed by atoms with E-state index in [-0.39, 0.29) is 23.4 Å². The maximum atomic E-state index is 11.6. The van der Waals surface area contributed by atoms with Gasteiger partial charge in [0.1, 0.15) is 0 Å². The van der Waals surface area contributed by atoms with Crippen LogP contribution in [0.5, 0.6) is 0 Å². The lowest BCUT2D eigenvalue weighted by atomic mass is 9.90. The largest absolute Gasteiger partial charge is 0.465 e. The van der Waals surface area contributed by atoms with Crippen LogP contribution in [0.25, 0.3) is 0 Å². The molecule has 1 amide bonds. The zero-order valence-corrected chi connectivity index (χ0v) is 13.0. The third kappa shape index (κ3) is 3.56. The first-order chi connectivity index (χ1) is 9.78. The number of hydrogen-bond acceptors (Lipinski definition) is 2. The van der Waals surface area contributed by atoms with Gasteiger partial charge in [-0.2, -0.15) is 0 Å². The minimum Gasteiger partial charge on any atom is -0.465 e. The second-order valence-corrected chi connectivity index (χ2v) is 7.31. The number of aliphatic hydroxyl groups is 1. The lowest BCUT2D eigenvalue weighted by molar-refractivity contribution is 0.117. The van der Waals surface area contributed by atoms with Crippen LogP contribution in [0.15, 0.2) is 30.3 Å². The number of carbonyl (C=O) groups is 1. The molecule has 1 saturated carbocycles. The Morgan fingerprint density at radius 3 is 2.38 bits per heavy atom. The fraction of sp³-hybridized carbons (Fsp3) is 0.588. The molecule has 21 heavy (non-hydrogen) atoms. The third-order valence-electron chi connectivity index (χ3n) is 4.21. The first kappa shape index (κ1) is 15.8. The van der Waals surface area contributed by atoms with Crippen molar-refractivity contribution in [1.29, 1.82) is 0 Å². The molecule has 0 unspecified atom stereocenters. The molecule has 1 aromatic rings. The number of aliphatic hydroxyl groups excluding tert-OH is 1. The summed E-state index contributed by atoms with van der Waals surface area (Å²) in [6, 6.07) is 9.97. The minimum absolute atomic E-state index is 0.0835. The first-order valence-electron chi connectivity index (χ1n) is 7.43. The molecule has 0 radical (unpaired) electrons. The summed E-state index contributed by atoms with van der Waals surface area (Å²) < 4.78 is 0. The summed E-state index contributed by atoms with van der Waals surface area (Å²) in [5, 5.41) is 19.0. The van der Waals surface area contributed by atoms with Gasteiger partial charge in [0.05, 0.1) is 0 Å². The highest BCUT2D eigenvalue weighted by Crippen LogP contribution is 2.54. The van der Waals surface area contributed by atoms with E-state index in [9.17, 15) is 15.0 Å². The van der Waals surface area contributed by atoms with Gasteiger partial charge in [-0.1, -0.05) is 51.1 Å². The van der Waals surface area contributed by atoms with Crippen molar-refractivity contribution in [2.45, 2.75) is 32.6 Å². The molecule has 2 N–H and O–H groups in total. The topological polar surface area (TPSA) is 60.8 Å². The number of amides is 1. The van der Waals surface area contributed by atoms with Gasteiger partial charge in [0.2, 0.25) is 0 Å². The van der Waals surface area contributed by atoms with Crippen molar-refractivity contribution in [3.8, 4) is 0 Å². The Hall–Kier alpha value is -1.55. The highest BCUT2D eigenvalue weighted by molar-refractivity contribution is 5.65. The Kier molecular flexibility index (Phi) is 4.28. The molecule has 1 aromatic carbocycles. The summed E-state index contributed by atoms with van der Waals surface area (Å²) in [5.41, 5.74) is 0.823. The molecule has 0 aromatic heterocycles. The minimum atomic E-state index is -0.885. The number of carboxylic acid groups (broad SMARTS) is 1. The summed E-state index contributed by atoms with van der Waals surface area (Å²) in [6.07, 6.45) is -0.0367. The molecule has 0 heterocycles. The van der Waals surface area contributed by atoms with Gasteiger partial charge in [-0.25, -0.2) is 4.79 Å². The van der Waals surface area contributed by atoms with E-state index in [1.54, 1.807) is 0 Å². The molecule has 1 aliphatic carbocycles. The van der Waals surface area contributed by atoms with Crippen LogP contribution in [0.1, 0.15) is 32.8 Å². The van der Waals surface area contributed by atoms with E-state index in [2.05, 4.69) is 0 Å². The second kappa shape index (κ2) is 5.68. The van der Waals surface area contributed by atoms with Gasteiger partial charge in [-0.15, -0.1) is 0 Å². The average molecular weight is 291 g/mol. The van der Waals surface area contributed by atoms with Crippen LogP contribution in [0.4, 0.5) is 4.79 Å². The molecule has 4 nitrogen and oxygen atoms in total. The number of benzene rings is 1. The van der Waals surface area contributed by atoms with Crippen LogP contribution in [0.3, 0.4) is 0 Å². The molecule has 0 bridgehead atoms. The van der Waals surface area contributed by atoms with Gasteiger partial charge >= 0.3 is 6.09 Å². The molecule has 0 saturated heterocycles. The summed E-state index contributed by atoms with van der Waals surface area (Å²) in [4.78, 5) is 13.1. The van der Waals surface area contributed by atoms with Crippen molar-refractivity contribution in [3.05, 3.63) is 35.9 Å². The van der Waals surface area contributed by atoms with Crippen molar-refractivity contribution >= 4 is 6.09 Å². The van der Waals surface area contributed by atoms with Gasteiger partial charge in [-0.05, 0) is 23.3 Å². The van der Waals surface area contributed by atoms with E-state index in [4.69, 9.17) is 0 Å². The predicted molar refractivity (Wildman–Crippen MR) is 82.4 cm³/mol. The Bertz CT molecular complexity index is 495. The average Bonchev–Trinajstić information content (AvgIpc) is 3.12. The Labute approximate surface area is 126 Å². The predicted octanol–water partition coefficient (Wildman–Crippen LogP) is 2.96. The van der Waals surface area contributed by atoms with Crippen molar-refractivity contribution in [2.24, 2.45) is 11.3 Å². The molecule has 1 fully saturated rings. The number of rotatable bonds is 5. The maximum absolute atomic E-state index is 11.6. The SMILES string of the molecule is CC(C)(C)CN(C[C@]1(c2ccccc2)C[C@H]1CO)C(=O)O. The zero-order chi connectivity index (χ0) is 15.7. The lowest BCUT2D eigenvalue weighted by Crippen LogP contribution is -2.42. The van der Waals surface area contributed by atoms with Gasteiger partial charge in [0, 0.05) is 25.1 Å². The first-order valence-corrected chi connectivity index (χ1v) is 7.43. The smallest absolute Gasteiger partial charge is 0.407 e. The van der Waals surface area contributed by atoms with Crippen LogP contribution in [-0.2, 0) is 5.41 Å². The quantitative estimate of drug-likeness (QED) is 0.876. The summed E-state index contributed by atoms with van der Waals surface area (Å²) in [7, 11) is 0. The van der Waals surface area contributed by atoms with Crippen LogP contribution in [0.2, 0.25) is 0 Å². The molecular formula is C17H25NO3. The molecule has 0 aliphatic heterocycles. The van der Waals surface area contributed by atoms with Crippen molar-refractivity contribution in [1.82, 2.24) is 4.90 Å². The van der Waals surface area contributed by atoms with Crippen molar-refractivity contribution in [3.63, 3.8) is 0 Å². The lowest BCUT2D eigenvalue weighted by Gasteiger charge is -2.31. The van der Waals surface area contributed by atoms with Gasteiger partial charge in [0.15, 0.2) is 0 Å². The van der Waals surface area contributed by atoms with E-state index in [0.29, 0.717) is 13.1 Å². The molecule has 116 valence electrons. The third-order valence-corrected chi connectivity index (χ3v) is 4.21. The van der Waals surface area contributed by atoms with Crippen molar-refractivity contribution in [2.75, 3.05) is 19.7 Å². The van der Waals surface area contributed by atoms with E-state index >= 15 is 0 Å². The molecular weight excluding hydrogens is 266 g/mol. The number of nitrogens with zero attached hydrogens (tertiary/aromatic N) is 1. The Morgan fingerprint density at radius 2 is 1.95 bits per heavy atom. The maximum Gasteiger partial charge on any atom is 0.407 e. The van der Waals surface area contributed by atoms with E-state index in [0.717, 1.165) is 12.0 Å². The molecule has 4 heteroatoms. The highest BCUT2D eigenvalue weighted by atomic mass is 16.4. The van der Waals surface area contributed by atoms with Crippen LogP contribution in [0, 0.1) is 11.3 Å². The van der Waals surface area contributed by atoms with Gasteiger partial charge in [-0.3, -0.25) is 0 Å². The molecule has 1 aliphatic rings. The molecule has 2 rings (SSSR count). The van der Waals surface area contributed by atoms with Crippen LogP contribution < -0.4 is 0 Å². The summed E-state index contributed by atoms with van der Waals surface area (Å²) in [5.74, 6) is 0.154. The van der Waals surface area contributed by atoms with Crippen LogP contribution in [-0.4, -0.2) is 40.9 Å². The fourth-order valence-electron chi connectivity index (χ4n) is 3.13. The van der Waals surface area contributed by atoms with Crippen molar-refractivity contribution < 1.29 is 15.0 Å². The normalized spacial score (nSPS) is 24.7. The fourth-order valence-corrected chi connectivity index (χ4v) is 3.13. The van der Waals surface area contributed by atoms with E-state index in [1.165, 1.54) is 4.90 Å². The standard InChI is InChI=1S/C17H25NO3/c1-16(2,3)11-18(15(20)21)12-17(9-14(17)10-19)13-7-5-4-6-8-13/h4-8,14,19H,9-12H2,1-3H3,(H,20,21)/t14-,17-/m0/s1. The molecule has 2 atom stereocenters. The molecule has 0 spiro atoms. The van der Waals surface area contributed by atoms with Gasteiger partial charge < -0.3 is 15.1 Å². The Morgan fingerprint density at radius 1 is 1.33 bits per heavy atom.